The van der Waals surface area contributed by atoms with Crippen molar-refractivity contribution in [1.29, 1.82) is 5.26 Å². The van der Waals surface area contributed by atoms with Crippen molar-refractivity contribution in [2.75, 3.05) is 0 Å². The van der Waals surface area contributed by atoms with Gasteiger partial charge in [-0.25, -0.2) is 0 Å². The Balaban J connectivity index is 2.71. The predicted molar refractivity (Wildman–Crippen MR) is 57.1 cm³/mol. The van der Waals surface area contributed by atoms with Gasteiger partial charge in [0, 0.05) is 6.42 Å². The van der Waals surface area contributed by atoms with Crippen LogP contribution in [0.4, 0.5) is 0 Å². The molecule has 1 unspecified atom stereocenters. The first-order valence-corrected chi connectivity index (χ1v) is 5.41. The molecule has 0 bridgehead atoms. The molecule has 1 aliphatic rings. The van der Waals surface area contributed by atoms with Gasteiger partial charge in [0.05, 0.1) is 11.5 Å². The van der Waals surface area contributed by atoms with Crippen LogP contribution in [-0.2, 0) is 4.79 Å². The molecule has 0 fully saturated rings. The van der Waals surface area contributed by atoms with Gasteiger partial charge in [0.15, 0.2) is 0 Å². The molecule has 0 aromatic heterocycles. The molecular weight excluding hydrogens is 190 g/mol. The molecule has 1 rings (SSSR count). The largest absolute Gasteiger partial charge is 0.481 e. The zero-order valence-corrected chi connectivity index (χ0v) is 9.12. The van der Waals surface area contributed by atoms with Gasteiger partial charge in [-0.1, -0.05) is 11.6 Å². The highest BCUT2D eigenvalue weighted by Gasteiger charge is 2.29. The third-order valence-electron chi connectivity index (χ3n) is 3.09. The summed E-state index contributed by atoms with van der Waals surface area (Å²) in [6.07, 6.45) is 6.89. The summed E-state index contributed by atoms with van der Waals surface area (Å²) < 4.78 is 0. The van der Waals surface area contributed by atoms with Crippen molar-refractivity contribution in [2.45, 2.75) is 45.4 Å². The predicted octanol–water partition coefficient (Wildman–Crippen LogP) is 2.88. The Kier molecular flexibility index (Phi) is 3.90. The summed E-state index contributed by atoms with van der Waals surface area (Å²) >= 11 is 0. The maximum Gasteiger partial charge on any atom is 0.303 e. The van der Waals surface area contributed by atoms with Crippen LogP contribution in [0.5, 0.6) is 0 Å². The Morgan fingerprint density at radius 2 is 2.40 bits per heavy atom. The van der Waals surface area contributed by atoms with Gasteiger partial charge >= 0.3 is 5.97 Å². The highest BCUT2D eigenvalue weighted by atomic mass is 16.4. The molecule has 0 aromatic carbocycles. The first-order valence-electron chi connectivity index (χ1n) is 5.41. The van der Waals surface area contributed by atoms with Gasteiger partial charge in [-0.2, -0.15) is 5.26 Å². The van der Waals surface area contributed by atoms with Gasteiger partial charge in [-0.05, 0) is 39.0 Å². The van der Waals surface area contributed by atoms with Gasteiger partial charge in [0.25, 0.3) is 0 Å². The van der Waals surface area contributed by atoms with E-state index < -0.39 is 11.4 Å². The number of hydrogen-bond donors (Lipinski definition) is 1. The van der Waals surface area contributed by atoms with Crippen LogP contribution in [0.2, 0.25) is 0 Å². The molecule has 0 saturated heterocycles. The molecule has 0 amide bonds. The second kappa shape index (κ2) is 4.97. The molecule has 0 heterocycles. The van der Waals surface area contributed by atoms with E-state index in [4.69, 9.17) is 10.4 Å². The fourth-order valence-corrected chi connectivity index (χ4v) is 1.98. The van der Waals surface area contributed by atoms with E-state index in [2.05, 4.69) is 12.1 Å². The average Bonchev–Trinajstić information content (AvgIpc) is 2.27. The molecule has 15 heavy (non-hydrogen) atoms. The fourth-order valence-electron chi connectivity index (χ4n) is 1.98. The maximum absolute atomic E-state index is 10.5. The molecule has 82 valence electrons. The fraction of sp³-hybridized carbons (Fsp3) is 0.667. The summed E-state index contributed by atoms with van der Waals surface area (Å²) in [6.45, 7) is 1.85. The summed E-state index contributed by atoms with van der Waals surface area (Å²) in [5, 5.41) is 17.8. The van der Waals surface area contributed by atoms with Crippen molar-refractivity contribution < 1.29 is 9.90 Å². The smallest absolute Gasteiger partial charge is 0.303 e. The Morgan fingerprint density at radius 3 is 2.87 bits per heavy atom. The lowest BCUT2D eigenvalue weighted by Gasteiger charge is -2.27. The lowest BCUT2D eigenvalue weighted by molar-refractivity contribution is -0.137. The zero-order chi connectivity index (χ0) is 11.3. The van der Waals surface area contributed by atoms with E-state index in [1.54, 1.807) is 0 Å². The van der Waals surface area contributed by atoms with Crippen molar-refractivity contribution in [3.63, 3.8) is 0 Å². The van der Waals surface area contributed by atoms with E-state index in [9.17, 15) is 4.79 Å². The second-order valence-corrected chi connectivity index (χ2v) is 4.31. The number of nitriles is 1. The minimum absolute atomic E-state index is 0.0708. The van der Waals surface area contributed by atoms with Crippen LogP contribution in [0.1, 0.15) is 45.4 Å². The van der Waals surface area contributed by atoms with Crippen LogP contribution in [0.25, 0.3) is 0 Å². The SMILES string of the molecule is CC(C#N)(CCC(=O)O)C1=CCCCC1. The van der Waals surface area contributed by atoms with Crippen molar-refractivity contribution in [2.24, 2.45) is 5.41 Å². The van der Waals surface area contributed by atoms with Crippen LogP contribution in [-0.4, -0.2) is 11.1 Å². The quantitative estimate of drug-likeness (QED) is 0.721. The molecule has 0 radical (unpaired) electrons. The number of hydrogen-bond acceptors (Lipinski definition) is 2. The second-order valence-electron chi connectivity index (χ2n) is 4.31. The summed E-state index contributed by atoms with van der Waals surface area (Å²) in [5.74, 6) is -0.826. The van der Waals surface area contributed by atoms with Crippen LogP contribution in [0, 0.1) is 16.7 Å². The molecule has 0 spiro atoms. The van der Waals surface area contributed by atoms with Gasteiger partial charge in [-0.3, -0.25) is 4.79 Å². The highest BCUT2D eigenvalue weighted by molar-refractivity contribution is 5.66. The number of carboxylic acids is 1. The Hall–Kier alpha value is -1.30. The lowest BCUT2D eigenvalue weighted by atomic mass is 9.75. The van der Waals surface area contributed by atoms with E-state index >= 15 is 0 Å². The zero-order valence-electron chi connectivity index (χ0n) is 9.12. The van der Waals surface area contributed by atoms with Gasteiger partial charge in [-0.15, -0.1) is 0 Å². The van der Waals surface area contributed by atoms with Crippen molar-refractivity contribution in [3.05, 3.63) is 11.6 Å². The molecule has 1 N–H and O–H groups in total. The monoisotopic (exact) mass is 207 g/mol. The summed E-state index contributed by atoms with van der Waals surface area (Å²) in [7, 11) is 0. The third kappa shape index (κ3) is 3.09. The number of carbonyl (C=O) groups is 1. The number of aliphatic carboxylic acids is 1. The van der Waals surface area contributed by atoms with Crippen LogP contribution in [0.3, 0.4) is 0 Å². The Labute approximate surface area is 90.4 Å². The van der Waals surface area contributed by atoms with Crippen LogP contribution >= 0.6 is 0 Å². The average molecular weight is 207 g/mol. The minimum atomic E-state index is -0.826. The third-order valence-corrected chi connectivity index (χ3v) is 3.09. The van der Waals surface area contributed by atoms with E-state index in [0.717, 1.165) is 24.8 Å². The standard InChI is InChI=1S/C12H17NO2/c1-12(9-13,8-7-11(14)15)10-5-3-2-4-6-10/h5H,2-4,6-8H2,1H3,(H,14,15). The molecule has 3 heteroatoms. The maximum atomic E-state index is 10.5. The minimum Gasteiger partial charge on any atom is -0.481 e. The van der Waals surface area contributed by atoms with Crippen molar-refractivity contribution >= 4 is 5.97 Å². The van der Waals surface area contributed by atoms with E-state index in [0.29, 0.717) is 6.42 Å². The number of rotatable bonds is 4. The number of nitrogens with zero attached hydrogens (tertiary/aromatic N) is 1. The van der Waals surface area contributed by atoms with E-state index in [1.165, 1.54) is 6.42 Å². The molecule has 0 aromatic rings. The van der Waals surface area contributed by atoms with Crippen molar-refractivity contribution in [1.82, 2.24) is 0 Å². The molecule has 1 atom stereocenters. The number of carboxylic acid groups (broad SMARTS) is 1. The summed E-state index contributed by atoms with van der Waals surface area (Å²) in [6, 6.07) is 2.27. The van der Waals surface area contributed by atoms with Crippen molar-refractivity contribution in [3.8, 4) is 6.07 Å². The first-order chi connectivity index (χ1) is 7.08. The van der Waals surface area contributed by atoms with Gasteiger partial charge < -0.3 is 5.11 Å². The number of allylic oxidation sites excluding steroid dienone is 2. The summed E-state index contributed by atoms with van der Waals surface area (Å²) in [5.41, 5.74) is 0.566. The molecule has 3 nitrogen and oxygen atoms in total. The van der Waals surface area contributed by atoms with Gasteiger partial charge in [0.1, 0.15) is 0 Å². The summed E-state index contributed by atoms with van der Waals surface area (Å²) in [4.78, 5) is 10.5. The first kappa shape index (κ1) is 11.8. The van der Waals surface area contributed by atoms with Crippen LogP contribution < -0.4 is 0 Å². The lowest BCUT2D eigenvalue weighted by Crippen LogP contribution is -2.20. The van der Waals surface area contributed by atoms with Crippen LogP contribution in [0.15, 0.2) is 11.6 Å². The Bertz CT molecular complexity index is 314. The normalized spacial score (nSPS) is 19.9. The topological polar surface area (TPSA) is 61.1 Å². The highest BCUT2D eigenvalue weighted by Crippen LogP contribution is 2.37. The Morgan fingerprint density at radius 1 is 1.67 bits per heavy atom. The van der Waals surface area contributed by atoms with E-state index in [-0.39, 0.29) is 6.42 Å². The molecular formula is C12H17NO2. The molecule has 0 aliphatic heterocycles. The van der Waals surface area contributed by atoms with Gasteiger partial charge in [0.2, 0.25) is 0 Å². The van der Waals surface area contributed by atoms with E-state index in [1.807, 2.05) is 6.92 Å². The molecule has 0 saturated carbocycles. The molecule has 1 aliphatic carbocycles.